The van der Waals surface area contributed by atoms with Gasteiger partial charge in [-0.05, 0) is 42.3 Å². The highest BCUT2D eigenvalue weighted by Crippen LogP contribution is 2.13. The number of methoxy groups -OCH3 is 1. The number of rotatable bonds is 6. The van der Waals surface area contributed by atoms with Crippen LogP contribution in [0.25, 0.3) is 6.08 Å². The molecule has 1 aromatic rings. The molecule has 0 aromatic heterocycles. The lowest BCUT2D eigenvalue weighted by Crippen LogP contribution is -2.01. The van der Waals surface area contributed by atoms with Crippen LogP contribution in [0.15, 0.2) is 24.3 Å². The molecule has 0 spiro atoms. The number of ether oxygens (including phenoxy) is 2. The zero-order valence-electron chi connectivity index (χ0n) is 10.9. The monoisotopic (exact) mass is 264 g/mol. The molecule has 0 amide bonds. The quantitative estimate of drug-likeness (QED) is 0.629. The lowest BCUT2D eigenvalue weighted by molar-refractivity contribution is -0.137. The standard InChI is InChI=1S/C14H16O5/c1-3-19-13(15)5-4-10-6-11(9-18-2)8-12(7-10)14(16)17/h4-8H,3,9H2,1-2H3,(H,16,17)/b5-4+. The number of carboxylic acids is 1. The minimum Gasteiger partial charge on any atom is -0.478 e. The normalized spacial score (nSPS) is 10.6. The van der Waals surface area contributed by atoms with E-state index in [1.165, 1.54) is 31.4 Å². The van der Waals surface area contributed by atoms with Crippen molar-refractivity contribution in [2.45, 2.75) is 13.5 Å². The molecule has 1 rings (SSSR count). The van der Waals surface area contributed by atoms with Crippen molar-refractivity contribution < 1.29 is 24.2 Å². The highest BCUT2D eigenvalue weighted by molar-refractivity contribution is 5.90. The molecule has 0 bridgehead atoms. The predicted molar refractivity (Wildman–Crippen MR) is 69.8 cm³/mol. The number of carboxylic acid groups (broad SMARTS) is 1. The van der Waals surface area contributed by atoms with Crippen molar-refractivity contribution in [2.24, 2.45) is 0 Å². The molecule has 0 saturated carbocycles. The van der Waals surface area contributed by atoms with E-state index in [1.807, 2.05) is 0 Å². The smallest absolute Gasteiger partial charge is 0.335 e. The first-order chi connectivity index (χ1) is 9.06. The Balaban J connectivity index is 2.99. The Kier molecular flexibility index (Phi) is 5.75. The highest BCUT2D eigenvalue weighted by atomic mass is 16.5. The fraction of sp³-hybridized carbons (Fsp3) is 0.286. The van der Waals surface area contributed by atoms with Crippen molar-refractivity contribution in [2.75, 3.05) is 13.7 Å². The molecule has 0 saturated heterocycles. The van der Waals surface area contributed by atoms with E-state index in [4.69, 9.17) is 14.6 Å². The Hall–Kier alpha value is -2.14. The van der Waals surface area contributed by atoms with E-state index in [2.05, 4.69) is 0 Å². The van der Waals surface area contributed by atoms with Crippen LogP contribution >= 0.6 is 0 Å². The largest absolute Gasteiger partial charge is 0.478 e. The molecule has 0 aliphatic rings. The van der Waals surface area contributed by atoms with Crippen LogP contribution in [-0.2, 0) is 20.9 Å². The maximum atomic E-state index is 11.2. The van der Waals surface area contributed by atoms with Crippen LogP contribution < -0.4 is 0 Å². The van der Waals surface area contributed by atoms with Crippen LogP contribution in [0.2, 0.25) is 0 Å². The summed E-state index contributed by atoms with van der Waals surface area (Å²) in [5.74, 6) is -1.49. The van der Waals surface area contributed by atoms with Crippen molar-refractivity contribution in [3.05, 3.63) is 41.0 Å². The van der Waals surface area contributed by atoms with Gasteiger partial charge in [0.05, 0.1) is 18.8 Å². The third kappa shape index (κ3) is 4.93. The number of hydrogen-bond acceptors (Lipinski definition) is 4. The average Bonchev–Trinajstić information content (AvgIpc) is 2.37. The van der Waals surface area contributed by atoms with Crippen LogP contribution in [0.4, 0.5) is 0 Å². The number of benzene rings is 1. The fourth-order valence-electron chi connectivity index (χ4n) is 1.54. The van der Waals surface area contributed by atoms with E-state index < -0.39 is 11.9 Å². The SMILES string of the molecule is CCOC(=O)/C=C/c1cc(COC)cc(C(=O)O)c1. The van der Waals surface area contributed by atoms with Gasteiger partial charge in [-0.15, -0.1) is 0 Å². The molecular formula is C14H16O5. The predicted octanol–water partition coefficient (Wildman–Crippen LogP) is 2.11. The molecule has 0 radical (unpaired) electrons. The molecule has 0 fully saturated rings. The van der Waals surface area contributed by atoms with Crippen LogP contribution in [0.5, 0.6) is 0 Å². The van der Waals surface area contributed by atoms with E-state index in [0.29, 0.717) is 18.8 Å². The summed E-state index contributed by atoms with van der Waals surface area (Å²) in [6.45, 7) is 2.32. The Morgan fingerprint density at radius 2 is 2.05 bits per heavy atom. The molecule has 0 aliphatic carbocycles. The van der Waals surface area contributed by atoms with Gasteiger partial charge in [0.15, 0.2) is 0 Å². The minimum atomic E-state index is -1.02. The molecule has 19 heavy (non-hydrogen) atoms. The summed E-state index contributed by atoms with van der Waals surface area (Å²) in [6.07, 6.45) is 2.78. The van der Waals surface area contributed by atoms with E-state index in [9.17, 15) is 9.59 Å². The molecule has 0 aliphatic heterocycles. The van der Waals surface area contributed by atoms with Crippen LogP contribution in [0, 0.1) is 0 Å². The summed E-state index contributed by atoms with van der Waals surface area (Å²) in [6, 6.07) is 4.77. The van der Waals surface area contributed by atoms with Gasteiger partial charge in [0, 0.05) is 13.2 Å². The van der Waals surface area contributed by atoms with Crippen LogP contribution in [0.1, 0.15) is 28.4 Å². The summed E-state index contributed by atoms with van der Waals surface area (Å²) >= 11 is 0. The second-order valence-electron chi connectivity index (χ2n) is 3.79. The summed E-state index contributed by atoms with van der Waals surface area (Å²) in [7, 11) is 1.53. The molecule has 102 valence electrons. The summed E-state index contributed by atoms with van der Waals surface area (Å²) in [4.78, 5) is 22.2. The van der Waals surface area contributed by atoms with E-state index in [0.717, 1.165) is 5.56 Å². The van der Waals surface area contributed by atoms with Gasteiger partial charge in [-0.2, -0.15) is 0 Å². The first-order valence-electron chi connectivity index (χ1n) is 5.77. The van der Waals surface area contributed by atoms with Gasteiger partial charge < -0.3 is 14.6 Å². The summed E-state index contributed by atoms with van der Waals surface area (Å²) < 4.78 is 9.73. The van der Waals surface area contributed by atoms with E-state index >= 15 is 0 Å². The van der Waals surface area contributed by atoms with Gasteiger partial charge in [0.1, 0.15) is 0 Å². The number of carbonyl (C=O) groups excluding carboxylic acids is 1. The number of aromatic carboxylic acids is 1. The van der Waals surface area contributed by atoms with Crippen molar-refractivity contribution >= 4 is 18.0 Å². The average molecular weight is 264 g/mol. The number of esters is 1. The van der Waals surface area contributed by atoms with Gasteiger partial charge in [0.25, 0.3) is 0 Å². The lowest BCUT2D eigenvalue weighted by Gasteiger charge is -2.04. The highest BCUT2D eigenvalue weighted by Gasteiger charge is 2.06. The third-order valence-electron chi connectivity index (χ3n) is 2.27. The topological polar surface area (TPSA) is 72.8 Å². The minimum absolute atomic E-state index is 0.151. The van der Waals surface area contributed by atoms with Crippen molar-refractivity contribution in [3.8, 4) is 0 Å². The lowest BCUT2D eigenvalue weighted by atomic mass is 10.1. The molecule has 0 unspecified atom stereocenters. The van der Waals surface area contributed by atoms with Gasteiger partial charge in [-0.25, -0.2) is 9.59 Å². The third-order valence-corrected chi connectivity index (χ3v) is 2.27. The Morgan fingerprint density at radius 1 is 1.32 bits per heavy atom. The van der Waals surface area contributed by atoms with Gasteiger partial charge in [0.2, 0.25) is 0 Å². The zero-order chi connectivity index (χ0) is 14.3. The Labute approximate surface area is 111 Å². The van der Waals surface area contributed by atoms with Crippen LogP contribution in [0.3, 0.4) is 0 Å². The van der Waals surface area contributed by atoms with Crippen LogP contribution in [-0.4, -0.2) is 30.8 Å². The summed E-state index contributed by atoms with van der Waals surface area (Å²) in [5.41, 5.74) is 1.49. The second-order valence-corrected chi connectivity index (χ2v) is 3.79. The molecule has 0 atom stereocenters. The molecule has 5 heteroatoms. The van der Waals surface area contributed by atoms with E-state index in [1.54, 1.807) is 13.0 Å². The first-order valence-corrected chi connectivity index (χ1v) is 5.77. The number of hydrogen-bond donors (Lipinski definition) is 1. The van der Waals surface area contributed by atoms with Gasteiger partial charge >= 0.3 is 11.9 Å². The molecule has 5 nitrogen and oxygen atoms in total. The van der Waals surface area contributed by atoms with E-state index in [-0.39, 0.29) is 5.56 Å². The zero-order valence-corrected chi connectivity index (χ0v) is 10.9. The Morgan fingerprint density at radius 3 is 2.63 bits per heavy atom. The first kappa shape index (κ1) is 14.9. The molecule has 0 heterocycles. The molecule has 1 aromatic carbocycles. The molecular weight excluding hydrogens is 248 g/mol. The van der Waals surface area contributed by atoms with Crippen molar-refractivity contribution in [3.63, 3.8) is 0 Å². The maximum Gasteiger partial charge on any atom is 0.335 e. The Bertz CT molecular complexity index is 491. The second kappa shape index (κ2) is 7.33. The van der Waals surface area contributed by atoms with Crippen molar-refractivity contribution in [1.29, 1.82) is 0 Å². The number of carbonyl (C=O) groups is 2. The van der Waals surface area contributed by atoms with Gasteiger partial charge in [-0.1, -0.05) is 0 Å². The fourth-order valence-corrected chi connectivity index (χ4v) is 1.54. The van der Waals surface area contributed by atoms with Crippen molar-refractivity contribution in [1.82, 2.24) is 0 Å². The summed E-state index contributed by atoms with van der Waals surface area (Å²) in [5, 5.41) is 9.01. The molecule has 1 N–H and O–H groups in total. The maximum absolute atomic E-state index is 11.2. The van der Waals surface area contributed by atoms with Gasteiger partial charge in [-0.3, -0.25) is 0 Å².